The van der Waals surface area contributed by atoms with Crippen LogP contribution in [-0.2, 0) is 25.6 Å². The van der Waals surface area contributed by atoms with Crippen molar-refractivity contribution >= 4 is 23.4 Å². The van der Waals surface area contributed by atoms with Crippen molar-refractivity contribution < 1.29 is 19.2 Å². The largest absolute Gasteiger partial charge is 0.353 e. The number of likely N-dealkylation sites (N-methyl/N-ethyl adjacent to an activating group) is 2. The van der Waals surface area contributed by atoms with E-state index in [1.165, 1.54) is 5.56 Å². The standard InChI is InChI=1S/C39H57N3O4/c1-10-23(6)27(18-26(43)20-41(7)8)36(45)42(9)35(22(4)5)28(44)19-38-29-32-30(38)34-31(38)33(29)39(32,34)37(46)40-25(16-21(2)3)17-24-14-12-11-13-15-24/h11-15,21-23,25,27,29-35H,10,16-20H2,1-9H3,(H,40,46)/t23-,25+,27-,29?,30?,31?,32?,33?,34?,35-,38?,39?/m0/s1. The van der Waals surface area contributed by atoms with E-state index >= 15 is 0 Å². The Morgan fingerprint density at radius 2 is 1.46 bits per heavy atom. The average molecular weight is 632 g/mol. The summed E-state index contributed by atoms with van der Waals surface area (Å²) in [6.45, 7) is 12.9. The van der Waals surface area contributed by atoms with E-state index in [9.17, 15) is 19.2 Å². The first-order chi connectivity index (χ1) is 21.7. The fourth-order valence-electron chi connectivity index (χ4n) is 11.8. The van der Waals surface area contributed by atoms with Crippen molar-refractivity contribution in [2.45, 2.75) is 85.7 Å². The van der Waals surface area contributed by atoms with Crippen LogP contribution in [0, 0.1) is 70.0 Å². The molecule has 0 aliphatic heterocycles. The van der Waals surface area contributed by atoms with Gasteiger partial charge in [-0.05, 0) is 91.2 Å². The first-order valence-electron chi connectivity index (χ1n) is 18.0. The molecule has 0 aromatic heterocycles. The Kier molecular flexibility index (Phi) is 8.60. The van der Waals surface area contributed by atoms with E-state index in [1.54, 1.807) is 11.9 Å². The highest BCUT2D eigenvalue weighted by Crippen LogP contribution is 3.10. The van der Waals surface area contributed by atoms with Gasteiger partial charge in [-0.25, -0.2) is 0 Å². The number of benzene rings is 1. The van der Waals surface area contributed by atoms with Gasteiger partial charge < -0.3 is 15.1 Å². The fraction of sp³-hybridized carbons (Fsp3) is 0.744. The van der Waals surface area contributed by atoms with Crippen LogP contribution in [0.3, 0.4) is 0 Å². The molecule has 0 bridgehead atoms. The van der Waals surface area contributed by atoms with E-state index in [0.29, 0.717) is 54.4 Å². The number of nitrogens with zero attached hydrogens (tertiary/aromatic N) is 2. The number of carbonyl (C=O) groups excluding carboxylic acids is 4. The maximum absolute atomic E-state index is 14.1. The molecule has 6 aliphatic carbocycles. The van der Waals surface area contributed by atoms with Gasteiger partial charge >= 0.3 is 0 Å². The second-order valence-electron chi connectivity index (χ2n) is 16.9. The van der Waals surface area contributed by atoms with Crippen LogP contribution in [-0.4, -0.2) is 73.0 Å². The predicted molar refractivity (Wildman–Crippen MR) is 179 cm³/mol. The number of Topliss-reactive ketones (excluding diaryl/α,β-unsaturated/α-hetero) is 2. The third-order valence-corrected chi connectivity index (χ3v) is 13.4. The number of amides is 2. The molecule has 0 saturated heterocycles. The maximum Gasteiger partial charge on any atom is 0.227 e. The first-order valence-corrected chi connectivity index (χ1v) is 18.0. The highest BCUT2D eigenvalue weighted by Gasteiger charge is 3.11. The summed E-state index contributed by atoms with van der Waals surface area (Å²) in [6.07, 6.45) is 3.38. The molecule has 0 radical (unpaired) electrons. The summed E-state index contributed by atoms with van der Waals surface area (Å²) in [4.78, 5) is 58.3. The quantitative estimate of drug-likeness (QED) is 0.243. The van der Waals surface area contributed by atoms with Crippen molar-refractivity contribution in [1.82, 2.24) is 15.1 Å². The molecule has 7 rings (SSSR count). The minimum absolute atomic E-state index is 0.0107. The molecule has 0 spiro atoms. The smallest absolute Gasteiger partial charge is 0.227 e. The van der Waals surface area contributed by atoms with Gasteiger partial charge in [-0.3, -0.25) is 19.2 Å². The summed E-state index contributed by atoms with van der Waals surface area (Å²) in [5.41, 5.74) is 1.18. The number of hydrogen-bond acceptors (Lipinski definition) is 5. The molecule has 7 nitrogen and oxygen atoms in total. The number of carbonyl (C=O) groups is 4. The molecule has 6 saturated carbocycles. The van der Waals surface area contributed by atoms with Gasteiger partial charge in [0.1, 0.15) is 5.78 Å². The summed E-state index contributed by atoms with van der Waals surface area (Å²) < 4.78 is 0. The average Bonchev–Trinajstić information content (AvgIpc) is 2.98. The van der Waals surface area contributed by atoms with Crippen LogP contribution >= 0.6 is 0 Å². The van der Waals surface area contributed by atoms with Gasteiger partial charge in [0, 0.05) is 31.8 Å². The first kappa shape index (κ1) is 33.4. The molecule has 4 atom stereocenters. The summed E-state index contributed by atoms with van der Waals surface area (Å²) in [7, 11) is 5.51. The van der Waals surface area contributed by atoms with Crippen LogP contribution in [0.1, 0.15) is 72.8 Å². The van der Waals surface area contributed by atoms with Crippen LogP contribution in [0.25, 0.3) is 0 Å². The van der Waals surface area contributed by atoms with Gasteiger partial charge in [-0.2, -0.15) is 0 Å². The molecule has 252 valence electrons. The van der Waals surface area contributed by atoms with Gasteiger partial charge in [0.05, 0.1) is 18.0 Å². The Balaban J connectivity index is 1.09. The molecule has 1 N–H and O–H groups in total. The van der Waals surface area contributed by atoms with Crippen LogP contribution in [0.15, 0.2) is 30.3 Å². The Morgan fingerprint density at radius 3 is 1.96 bits per heavy atom. The zero-order valence-electron chi connectivity index (χ0n) is 29.6. The van der Waals surface area contributed by atoms with E-state index in [1.807, 2.05) is 45.8 Å². The second-order valence-corrected chi connectivity index (χ2v) is 16.9. The summed E-state index contributed by atoms with van der Waals surface area (Å²) in [5.74, 6) is 3.43. The molecular weight excluding hydrogens is 574 g/mol. The molecule has 0 unspecified atom stereocenters. The number of rotatable bonds is 18. The molecule has 2 amide bonds. The van der Waals surface area contributed by atoms with Crippen molar-refractivity contribution in [3.8, 4) is 0 Å². The minimum Gasteiger partial charge on any atom is -0.353 e. The molecule has 1 aromatic carbocycles. The van der Waals surface area contributed by atoms with Crippen molar-refractivity contribution in [1.29, 1.82) is 0 Å². The maximum atomic E-state index is 14.1. The van der Waals surface area contributed by atoms with E-state index in [-0.39, 0.29) is 58.5 Å². The lowest BCUT2D eigenvalue weighted by Gasteiger charge is -3.11. The lowest BCUT2D eigenvalue weighted by atomic mass is 8.92. The van der Waals surface area contributed by atoms with Crippen molar-refractivity contribution in [2.24, 2.45) is 70.0 Å². The zero-order valence-corrected chi connectivity index (χ0v) is 29.6. The normalized spacial score (nSPS) is 34.6. The van der Waals surface area contributed by atoms with Crippen LogP contribution in [0.2, 0.25) is 0 Å². The number of hydrogen-bond donors (Lipinski definition) is 1. The Hall–Kier alpha value is -2.54. The molecule has 6 aliphatic rings. The van der Waals surface area contributed by atoms with E-state index in [0.717, 1.165) is 19.3 Å². The predicted octanol–water partition coefficient (Wildman–Crippen LogP) is 5.12. The molecular formula is C39H57N3O4. The number of nitrogens with one attached hydrogen (secondary N) is 1. The lowest BCUT2D eigenvalue weighted by Crippen LogP contribution is -3.11. The lowest BCUT2D eigenvalue weighted by molar-refractivity contribution is -0.640. The zero-order chi connectivity index (χ0) is 33.5. The van der Waals surface area contributed by atoms with Gasteiger partial charge in [-0.15, -0.1) is 0 Å². The van der Waals surface area contributed by atoms with Gasteiger partial charge in [0.15, 0.2) is 5.78 Å². The minimum atomic E-state index is -0.490. The molecule has 1 aromatic rings. The molecule has 0 heterocycles. The molecule has 46 heavy (non-hydrogen) atoms. The van der Waals surface area contributed by atoms with Gasteiger partial charge in [0.25, 0.3) is 0 Å². The van der Waals surface area contributed by atoms with Gasteiger partial charge in [0.2, 0.25) is 11.8 Å². The summed E-state index contributed by atoms with van der Waals surface area (Å²) in [6, 6.07) is 10.1. The number of ketones is 2. The highest BCUT2D eigenvalue weighted by atomic mass is 16.2. The van der Waals surface area contributed by atoms with Crippen LogP contribution < -0.4 is 5.32 Å². The highest BCUT2D eigenvalue weighted by molar-refractivity contribution is 5.96. The topological polar surface area (TPSA) is 86.8 Å². The van der Waals surface area contributed by atoms with Crippen LogP contribution in [0.5, 0.6) is 0 Å². The monoisotopic (exact) mass is 631 g/mol. The summed E-state index contributed by atoms with van der Waals surface area (Å²) >= 11 is 0. The molecule has 6 fully saturated rings. The Labute approximate surface area is 276 Å². The summed E-state index contributed by atoms with van der Waals surface area (Å²) in [5, 5.41) is 3.52. The Bertz CT molecular complexity index is 1310. The fourth-order valence-corrected chi connectivity index (χ4v) is 11.8. The van der Waals surface area contributed by atoms with Crippen molar-refractivity contribution in [2.75, 3.05) is 27.7 Å². The van der Waals surface area contributed by atoms with E-state index in [2.05, 4.69) is 50.4 Å². The third-order valence-electron chi connectivity index (χ3n) is 13.4. The van der Waals surface area contributed by atoms with Gasteiger partial charge in [-0.1, -0.05) is 78.3 Å². The molecule has 7 heteroatoms. The van der Waals surface area contributed by atoms with Crippen LogP contribution in [0.4, 0.5) is 0 Å². The third kappa shape index (κ3) is 4.53. The van der Waals surface area contributed by atoms with Crippen molar-refractivity contribution in [3.05, 3.63) is 35.9 Å². The SMILES string of the molecule is CC[C@H](C)[C@H](CC(=O)CN(C)C)C(=O)N(C)[C@H](C(=O)CC12C3C4C1C1C2C3C41C(=O)N[C@@H](Cc1ccccc1)CC(C)C)C(C)C. The second kappa shape index (κ2) is 11.9. The van der Waals surface area contributed by atoms with E-state index < -0.39 is 12.0 Å². The van der Waals surface area contributed by atoms with E-state index in [4.69, 9.17) is 0 Å². The Morgan fingerprint density at radius 1 is 0.870 bits per heavy atom. The van der Waals surface area contributed by atoms with Crippen molar-refractivity contribution in [3.63, 3.8) is 0 Å².